The second-order valence-electron chi connectivity index (χ2n) is 7.30. The van der Waals surface area contributed by atoms with Crippen LogP contribution in [-0.4, -0.2) is 138 Å². The number of rotatable bonds is 0. The summed E-state index contributed by atoms with van der Waals surface area (Å²) in [5.74, 6) is 3.83. The molecule has 30 heavy (non-hydrogen) atoms. The summed E-state index contributed by atoms with van der Waals surface area (Å²) in [6.45, 7) is 6.02. The monoisotopic (exact) mass is 504 g/mol. The van der Waals surface area contributed by atoms with Gasteiger partial charge in [0.15, 0.2) is 0 Å². The van der Waals surface area contributed by atoms with Crippen LogP contribution in [-0.2, 0) is 52.7 Å². The molecule has 2 bridgehead atoms. The van der Waals surface area contributed by atoms with Gasteiger partial charge in [-0.3, -0.25) is 26.6 Å². The third kappa shape index (κ3) is 12.5. The molecule has 0 spiro atoms. The molecule has 3 aliphatic heterocycles. The minimum atomic E-state index is -1.01. The van der Waals surface area contributed by atoms with Crippen LogP contribution in [0.1, 0.15) is 0 Å². The third-order valence-corrected chi connectivity index (χ3v) is 10.8. The lowest BCUT2D eigenvalue weighted by Gasteiger charge is -2.23. The molecule has 0 radical (unpaired) electrons. The number of ether oxygens (including phenoxy) is 2. The molecule has 3 heterocycles. The van der Waals surface area contributed by atoms with Gasteiger partial charge in [0.1, 0.15) is 0 Å². The van der Waals surface area contributed by atoms with Crippen LogP contribution in [0, 0.1) is 0 Å². The molecular formula is C18H36N2O6S4. The standard InChI is InChI=1S/C18H36N2O6S4/c21-27-11-3-19-1-7-25-9-10-26-8-2-20(5-13-29(23)17-15-27)6-14-30(24)18-16-28(22)12-4-19/h1-18H2. The first-order chi connectivity index (χ1) is 14.5. The minimum Gasteiger partial charge on any atom is -0.378 e. The Morgan fingerprint density at radius 3 is 1.00 bits per heavy atom. The van der Waals surface area contributed by atoms with E-state index in [9.17, 15) is 16.8 Å². The largest absolute Gasteiger partial charge is 0.378 e. The fourth-order valence-electron chi connectivity index (χ4n) is 3.08. The molecule has 178 valence electrons. The van der Waals surface area contributed by atoms with E-state index in [4.69, 9.17) is 9.47 Å². The molecule has 3 fully saturated rings. The van der Waals surface area contributed by atoms with Crippen LogP contribution >= 0.6 is 0 Å². The average Bonchev–Trinajstić information content (AvgIpc) is 2.73. The van der Waals surface area contributed by atoms with Gasteiger partial charge in [0, 0.05) is 128 Å². The van der Waals surface area contributed by atoms with E-state index in [1.54, 1.807) is 0 Å². The van der Waals surface area contributed by atoms with Crippen molar-refractivity contribution in [2.24, 2.45) is 0 Å². The highest BCUT2D eigenvalue weighted by atomic mass is 32.2. The fraction of sp³-hybridized carbons (Fsp3) is 1.00. The van der Waals surface area contributed by atoms with E-state index in [0.717, 1.165) is 0 Å². The molecule has 3 saturated heterocycles. The van der Waals surface area contributed by atoms with E-state index in [1.807, 2.05) is 0 Å². The number of hydrogen-bond acceptors (Lipinski definition) is 8. The molecule has 8 nitrogen and oxygen atoms in total. The summed E-state index contributed by atoms with van der Waals surface area (Å²) in [7, 11) is -4.05. The Morgan fingerprint density at radius 2 is 0.700 bits per heavy atom. The molecule has 12 heteroatoms. The topological polar surface area (TPSA) is 93.2 Å². The van der Waals surface area contributed by atoms with Crippen molar-refractivity contribution < 1.29 is 26.3 Å². The molecule has 3 rings (SSSR count). The third-order valence-electron chi connectivity index (χ3n) is 5.09. The molecule has 0 aromatic rings. The molecule has 4 atom stereocenters. The first-order valence-electron chi connectivity index (χ1n) is 10.5. The van der Waals surface area contributed by atoms with Crippen LogP contribution in [0.25, 0.3) is 0 Å². The minimum absolute atomic E-state index is 0.440. The van der Waals surface area contributed by atoms with E-state index in [1.165, 1.54) is 0 Å². The first kappa shape index (κ1) is 26.7. The van der Waals surface area contributed by atoms with Gasteiger partial charge < -0.3 is 9.47 Å². The predicted molar refractivity (Wildman–Crippen MR) is 126 cm³/mol. The molecular weight excluding hydrogens is 468 g/mol. The summed E-state index contributed by atoms with van der Waals surface area (Å²) in [4.78, 5) is 4.27. The molecule has 0 aliphatic carbocycles. The van der Waals surface area contributed by atoms with Crippen LogP contribution in [0.5, 0.6) is 0 Å². The second-order valence-corrected chi connectivity index (χ2v) is 14.1. The van der Waals surface area contributed by atoms with Gasteiger partial charge >= 0.3 is 0 Å². The normalized spacial score (nSPS) is 37.9. The SMILES string of the molecule is O=S1CCN2CCOCCOCCN(CCS(=O)CC1)CCS(=O)CCS(=O)CC2. The van der Waals surface area contributed by atoms with E-state index in [-0.39, 0.29) is 0 Å². The molecule has 4 unspecified atom stereocenters. The maximum Gasteiger partial charge on any atom is 0.0701 e. The zero-order valence-electron chi connectivity index (χ0n) is 17.7. The van der Waals surface area contributed by atoms with E-state index in [0.29, 0.717) is 112 Å². The Balaban J connectivity index is 2.08. The fourth-order valence-corrected chi connectivity index (χ4v) is 8.72. The zero-order valence-corrected chi connectivity index (χ0v) is 21.0. The first-order valence-corrected chi connectivity index (χ1v) is 16.5. The average molecular weight is 505 g/mol. The Hall–Kier alpha value is 0.440. The van der Waals surface area contributed by atoms with Crippen molar-refractivity contribution in [1.82, 2.24) is 9.80 Å². The lowest BCUT2D eigenvalue weighted by molar-refractivity contribution is 0.0330. The van der Waals surface area contributed by atoms with Crippen molar-refractivity contribution in [2.45, 2.75) is 0 Å². The highest BCUT2D eigenvalue weighted by Gasteiger charge is 2.15. The molecule has 0 amide bonds. The highest BCUT2D eigenvalue weighted by molar-refractivity contribution is 7.89. The summed E-state index contributed by atoms with van der Waals surface area (Å²) in [5, 5.41) is 0. The van der Waals surface area contributed by atoms with Gasteiger partial charge in [0.05, 0.1) is 26.4 Å². The van der Waals surface area contributed by atoms with Crippen LogP contribution in [0.4, 0.5) is 0 Å². The van der Waals surface area contributed by atoms with Gasteiger partial charge in [0.25, 0.3) is 0 Å². The Bertz CT molecular complexity index is 505. The van der Waals surface area contributed by atoms with Gasteiger partial charge in [-0.15, -0.1) is 0 Å². The number of nitrogens with zero attached hydrogens (tertiary/aromatic N) is 2. The van der Waals surface area contributed by atoms with Crippen LogP contribution in [0.2, 0.25) is 0 Å². The summed E-state index contributed by atoms with van der Waals surface area (Å²) in [5.41, 5.74) is 0. The Labute approximate surface area is 190 Å². The van der Waals surface area contributed by atoms with Crippen LogP contribution < -0.4 is 0 Å². The van der Waals surface area contributed by atoms with Crippen molar-refractivity contribution in [3.8, 4) is 0 Å². The molecule has 0 aromatic carbocycles. The predicted octanol–water partition coefficient (Wildman–Crippen LogP) is -1.35. The van der Waals surface area contributed by atoms with Crippen LogP contribution in [0.3, 0.4) is 0 Å². The van der Waals surface area contributed by atoms with Crippen molar-refractivity contribution in [1.29, 1.82) is 0 Å². The Morgan fingerprint density at radius 1 is 0.400 bits per heavy atom. The smallest absolute Gasteiger partial charge is 0.0701 e. The molecule has 0 aromatic heterocycles. The number of fused-ring (bicyclic) bond motifs is 21. The lowest BCUT2D eigenvalue weighted by atomic mass is 10.5. The van der Waals surface area contributed by atoms with E-state index < -0.39 is 43.2 Å². The summed E-state index contributed by atoms with van der Waals surface area (Å²) in [6, 6.07) is 0. The molecule has 3 aliphatic rings. The quantitative estimate of drug-likeness (QED) is 0.400. The molecule has 0 N–H and O–H groups in total. The summed E-state index contributed by atoms with van der Waals surface area (Å²) >= 11 is 0. The highest BCUT2D eigenvalue weighted by Crippen LogP contribution is 2.00. The summed E-state index contributed by atoms with van der Waals surface area (Å²) in [6.07, 6.45) is 0. The van der Waals surface area contributed by atoms with Crippen molar-refractivity contribution in [3.05, 3.63) is 0 Å². The van der Waals surface area contributed by atoms with Crippen molar-refractivity contribution in [3.63, 3.8) is 0 Å². The van der Waals surface area contributed by atoms with Crippen LogP contribution in [0.15, 0.2) is 0 Å². The van der Waals surface area contributed by atoms with Gasteiger partial charge in [0.2, 0.25) is 0 Å². The van der Waals surface area contributed by atoms with Crippen molar-refractivity contribution >= 4 is 43.2 Å². The van der Waals surface area contributed by atoms with Gasteiger partial charge in [-0.05, 0) is 0 Å². The second kappa shape index (κ2) is 16.1. The van der Waals surface area contributed by atoms with Crippen molar-refractivity contribution in [2.75, 3.05) is 112 Å². The Kier molecular flexibility index (Phi) is 14.3. The van der Waals surface area contributed by atoms with Gasteiger partial charge in [-0.1, -0.05) is 0 Å². The maximum atomic E-state index is 12.4. The maximum absolute atomic E-state index is 12.4. The van der Waals surface area contributed by atoms with Gasteiger partial charge in [-0.2, -0.15) is 0 Å². The number of hydrogen-bond donors (Lipinski definition) is 0. The zero-order chi connectivity index (χ0) is 21.6. The van der Waals surface area contributed by atoms with E-state index in [2.05, 4.69) is 9.80 Å². The van der Waals surface area contributed by atoms with E-state index >= 15 is 0 Å². The van der Waals surface area contributed by atoms with Gasteiger partial charge in [-0.25, -0.2) is 0 Å². The lowest BCUT2D eigenvalue weighted by Crippen LogP contribution is -2.37. The molecule has 0 saturated carbocycles. The summed E-state index contributed by atoms with van der Waals surface area (Å²) < 4.78 is 60.8.